The van der Waals surface area contributed by atoms with Gasteiger partial charge in [-0.25, -0.2) is 8.42 Å². The standard InChI is InChI=1S/C15H25N3O4S2/c1-3-5-11-23(19,20)18-10-8-13-6-7-14(12-15(13)18)17-24(21,22)16-9-4-2/h6-7,12,16-17H,3-5,8-11H2,1-2H3. The topological polar surface area (TPSA) is 95.6 Å². The molecule has 0 saturated carbocycles. The Morgan fingerprint density at radius 2 is 1.88 bits per heavy atom. The number of nitrogens with zero attached hydrogens (tertiary/aromatic N) is 1. The number of rotatable bonds is 9. The molecule has 1 heterocycles. The summed E-state index contributed by atoms with van der Waals surface area (Å²) < 4.78 is 55.0. The smallest absolute Gasteiger partial charge is 0.271 e. The molecule has 0 aromatic heterocycles. The van der Waals surface area contributed by atoms with E-state index in [0.29, 0.717) is 43.7 Å². The molecule has 0 amide bonds. The van der Waals surface area contributed by atoms with Crippen molar-refractivity contribution < 1.29 is 16.8 Å². The molecular formula is C15H25N3O4S2. The van der Waals surface area contributed by atoms with Crippen LogP contribution in [0.15, 0.2) is 18.2 Å². The van der Waals surface area contributed by atoms with E-state index in [1.807, 2.05) is 13.8 Å². The van der Waals surface area contributed by atoms with Gasteiger partial charge in [0.05, 0.1) is 17.1 Å². The number of anilines is 2. The van der Waals surface area contributed by atoms with E-state index in [4.69, 9.17) is 0 Å². The van der Waals surface area contributed by atoms with Gasteiger partial charge < -0.3 is 0 Å². The average molecular weight is 376 g/mol. The van der Waals surface area contributed by atoms with Gasteiger partial charge in [-0.05, 0) is 37.0 Å². The van der Waals surface area contributed by atoms with Crippen molar-refractivity contribution in [2.75, 3.05) is 27.9 Å². The van der Waals surface area contributed by atoms with Gasteiger partial charge in [0.25, 0.3) is 10.2 Å². The maximum Gasteiger partial charge on any atom is 0.299 e. The zero-order valence-electron chi connectivity index (χ0n) is 14.1. The molecule has 1 aliphatic heterocycles. The van der Waals surface area contributed by atoms with E-state index in [2.05, 4.69) is 9.44 Å². The van der Waals surface area contributed by atoms with Crippen LogP contribution < -0.4 is 13.7 Å². The molecule has 2 rings (SSSR count). The predicted molar refractivity (Wildman–Crippen MR) is 97.0 cm³/mol. The molecule has 2 N–H and O–H groups in total. The summed E-state index contributed by atoms with van der Waals surface area (Å²) in [6.07, 6.45) is 2.75. The second-order valence-electron chi connectivity index (χ2n) is 5.84. The van der Waals surface area contributed by atoms with Crippen molar-refractivity contribution in [3.05, 3.63) is 23.8 Å². The Morgan fingerprint density at radius 1 is 1.12 bits per heavy atom. The first-order chi connectivity index (χ1) is 11.3. The normalized spacial score (nSPS) is 14.7. The molecule has 7 nitrogen and oxygen atoms in total. The summed E-state index contributed by atoms with van der Waals surface area (Å²) in [5.74, 6) is 0.108. The first-order valence-corrected chi connectivity index (χ1v) is 11.3. The second kappa shape index (κ2) is 7.71. The van der Waals surface area contributed by atoms with Crippen LogP contribution in [0.4, 0.5) is 11.4 Å². The molecule has 0 unspecified atom stereocenters. The lowest BCUT2D eigenvalue weighted by atomic mass is 10.1. The lowest BCUT2D eigenvalue weighted by molar-refractivity contribution is 0.585. The molecule has 0 saturated heterocycles. The lowest BCUT2D eigenvalue weighted by Crippen LogP contribution is -2.32. The third-order valence-corrected chi connectivity index (χ3v) is 6.77. The zero-order chi connectivity index (χ0) is 17.8. The fourth-order valence-electron chi connectivity index (χ4n) is 2.57. The van der Waals surface area contributed by atoms with E-state index in [0.717, 1.165) is 12.0 Å². The minimum atomic E-state index is -3.65. The number of hydrogen-bond donors (Lipinski definition) is 2. The van der Waals surface area contributed by atoms with Crippen molar-refractivity contribution in [2.45, 2.75) is 39.5 Å². The van der Waals surface area contributed by atoms with Gasteiger partial charge in [-0.3, -0.25) is 9.03 Å². The van der Waals surface area contributed by atoms with Crippen molar-refractivity contribution in [3.8, 4) is 0 Å². The van der Waals surface area contributed by atoms with Crippen LogP contribution in [0.1, 0.15) is 38.7 Å². The molecule has 1 aromatic carbocycles. The molecule has 0 atom stereocenters. The molecule has 136 valence electrons. The molecule has 0 spiro atoms. The quantitative estimate of drug-likeness (QED) is 0.688. The maximum absolute atomic E-state index is 12.5. The predicted octanol–water partition coefficient (Wildman–Crippen LogP) is 1.84. The van der Waals surface area contributed by atoms with Gasteiger partial charge >= 0.3 is 0 Å². The third-order valence-electron chi connectivity index (χ3n) is 3.82. The first kappa shape index (κ1) is 19.0. The third kappa shape index (κ3) is 4.61. The Morgan fingerprint density at radius 3 is 2.54 bits per heavy atom. The van der Waals surface area contributed by atoms with Gasteiger partial charge in [-0.15, -0.1) is 0 Å². The van der Waals surface area contributed by atoms with Crippen LogP contribution in [0.2, 0.25) is 0 Å². The lowest BCUT2D eigenvalue weighted by Gasteiger charge is -2.20. The van der Waals surface area contributed by atoms with E-state index >= 15 is 0 Å². The van der Waals surface area contributed by atoms with E-state index in [9.17, 15) is 16.8 Å². The van der Waals surface area contributed by atoms with Crippen LogP contribution in [-0.4, -0.2) is 35.7 Å². The molecule has 0 bridgehead atoms. The van der Waals surface area contributed by atoms with Crippen LogP contribution in [0, 0.1) is 0 Å². The minimum absolute atomic E-state index is 0.108. The Kier molecular flexibility index (Phi) is 6.11. The number of benzene rings is 1. The second-order valence-corrected chi connectivity index (χ2v) is 9.35. The van der Waals surface area contributed by atoms with Gasteiger partial charge in [0.2, 0.25) is 10.0 Å². The summed E-state index contributed by atoms with van der Waals surface area (Å²) in [7, 11) is -7.02. The molecule has 0 radical (unpaired) electrons. The number of nitrogens with one attached hydrogen (secondary N) is 2. The fraction of sp³-hybridized carbons (Fsp3) is 0.600. The molecule has 1 aromatic rings. The van der Waals surface area contributed by atoms with Gasteiger partial charge in [-0.2, -0.15) is 13.1 Å². The Balaban J connectivity index is 2.22. The molecule has 24 heavy (non-hydrogen) atoms. The first-order valence-electron chi connectivity index (χ1n) is 8.20. The van der Waals surface area contributed by atoms with E-state index in [1.165, 1.54) is 4.31 Å². The van der Waals surface area contributed by atoms with Crippen molar-refractivity contribution in [1.29, 1.82) is 0 Å². The molecule has 9 heteroatoms. The van der Waals surface area contributed by atoms with Crippen LogP contribution in [0.5, 0.6) is 0 Å². The highest BCUT2D eigenvalue weighted by molar-refractivity contribution is 7.92. The fourth-order valence-corrected chi connectivity index (χ4v) is 5.26. The van der Waals surface area contributed by atoms with Crippen molar-refractivity contribution >= 4 is 31.6 Å². The highest BCUT2D eigenvalue weighted by Gasteiger charge is 2.29. The van der Waals surface area contributed by atoms with Crippen LogP contribution in [0.3, 0.4) is 0 Å². The maximum atomic E-state index is 12.5. The average Bonchev–Trinajstić information content (AvgIpc) is 2.94. The SMILES string of the molecule is CCCCS(=O)(=O)N1CCc2ccc(NS(=O)(=O)NCCC)cc21. The molecule has 0 aliphatic carbocycles. The molecular weight excluding hydrogens is 350 g/mol. The highest BCUT2D eigenvalue weighted by Crippen LogP contribution is 2.33. The van der Waals surface area contributed by atoms with Crippen molar-refractivity contribution in [3.63, 3.8) is 0 Å². The van der Waals surface area contributed by atoms with Gasteiger partial charge in [-0.1, -0.05) is 26.3 Å². The van der Waals surface area contributed by atoms with E-state index < -0.39 is 20.2 Å². The van der Waals surface area contributed by atoms with Crippen LogP contribution >= 0.6 is 0 Å². The molecule has 0 fully saturated rings. The van der Waals surface area contributed by atoms with Gasteiger partial charge in [0.1, 0.15) is 0 Å². The summed E-state index contributed by atoms with van der Waals surface area (Å²) in [6, 6.07) is 5.03. The molecule has 1 aliphatic rings. The largest absolute Gasteiger partial charge is 0.299 e. The van der Waals surface area contributed by atoms with Gasteiger partial charge in [0, 0.05) is 13.1 Å². The van der Waals surface area contributed by atoms with Crippen molar-refractivity contribution in [2.24, 2.45) is 0 Å². The summed E-state index contributed by atoms with van der Waals surface area (Å²) in [5.41, 5.74) is 1.84. The summed E-state index contributed by atoms with van der Waals surface area (Å²) >= 11 is 0. The van der Waals surface area contributed by atoms with Gasteiger partial charge in [0.15, 0.2) is 0 Å². The summed E-state index contributed by atoms with van der Waals surface area (Å²) in [4.78, 5) is 0. The van der Waals surface area contributed by atoms with Crippen molar-refractivity contribution in [1.82, 2.24) is 4.72 Å². The van der Waals surface area contributed by atoms with E-state index in [1.54, 1.807) is 18.2 Å². The van der Waals surface area contributed by atoms with E-state index in [-0.39, 0.29) is 5.75 Å². The Hall–Kier alpha value is -1.32. The summed E-state index contributed by atoms with van der Waals surface area (Å²) in [5, 5.41) is 0. The number of unbranched alkanes of at least 4 members (excludes halogenated alkanes) is 1. The number of sulfonamides is 1. The van der Waals surface area contributed by atoms with Crippen LogP contribution in [-0.2, 0) is 26.7 Å². The monoisotopic (exact) mass is 375 g/mol. The Bertz CT molecular complexity index is 776. The van der Waals surface area contributed by atoms with Crippen LogP contribution in [0.25, 0.3) is 0 Å². The Labute approximate surface area is 144 Å². The zero-order valence-corrected chi connectivity index (χ0v) is 15.7. The number of hydrogen-bond acceptors (Lipinski definition) is 4. The highest BCUT2D eigenvalue weighted by atomic mass is 32.2. The number of fused-ring (bicyclic) bond motifs is 1. The minimum Gasteiger partial charge on any atom is -0.271 e. The summed E-state index contributed by atoms with van der Waals surface area (Å²) in [6.45, 7) is 4.57.